The van der Waals surface area contributed by atoms with Crippen molar-refractivity contribution in [1.82, 2.24) is 30.2 Å². The van der Waals surface area contributed by atoms with Crippen molar-refractivity contribution in [2.24, 2.45) is 5.92 Å². The van der Waals surface area contributed by atoms with Crippen molar-refractivity contribution in [1.29, 1.82) is 0 Å². The number of hydrogen-bond acceptors (Lipinski definition) is 12. The molecule has 5 aromatic rings. The molecule has 3 N–H and O–H groups in total. The minimum absolute atomic E-state index is 0.0176. The third-order valence-electron chi connectivity index (χ3n) is 12.2. The molecule has 8 rings (SSSR count). The Morgan fingerprint density at radius 2 is 1.64 bits per heavy atom. The number of hydrogen-bond donors (Lipinski definition) is 3. The summed E-state index contributed by atoms with van der Waals surface area (Å²) in [6.45, 7) is 10.8. The molecule has 2 aromatic carbocycles. The van der Waals surface area contributed by atoms with Crippen LogP contribution in [0.5, 0.6) is 0 Å². The third kappa shape index (κ3) is 10.1. The molecular formula is C47H54FN9O5S2. The Labute approximate surface area is 377 Å². The highest BCUT2D eigenvalue weighted by atomic mass is 32.2. The zero-order chi connectivity index (χ0) is 45.2. The standard InChI is InChI=1S/C47H54FN9O5S2/c1-5-27-64(61,62)55-36-8-6-7-35(40(36)48)41-42(63-45(54-41)47(2,3)4)37-17-22-49-46(52-37)51-33-12-9-29(10-13-33)30-18-25-57(26-19-30)44(60)31-20-23-56(24-21-31)38-15-11-32(28-50-38)34-14-16-39(58)53-43(34)59/h6-13,15,17,22,28,30-31,34,55H,5,14,16,18-21,23-27H2,1-4H3,(H,49,51,52)(H,53,58,59)/t34-/m0/s1. The summed E-state index contributed by atoms with van der Waals surface area (Å²) in [5.74, 6) is 0.0499. The minimum Gasteiger partial charge on any atom is -0.357 e. The lowest BCUT2D eigenvalue weighted by molar-refractivity contribution is -0.137. The van der Waals surface area contributed by atoms with Crippen LogP contribution in [0.15, 0.2) is 73.1 Å². The predicted molar refractivity (Wildman–Crippen MR) is 248 cm³/mol. The second kappa shape index (κ2) is 18.7. The van der Waals surface area contributed by atoms with Crippen molar-refractivity contribution >= 4 is 62.2 Å². The fraction of sp³-hybridized carbons (Fsp3) is 0.426. The van der Waals surface area contributed by atoms with Crippen molar-refractivity contribution < 1.29 is 27.2 Å². The molecule has 3 fully saturated rings. The second-order valence-electron chi connectivity index (χ2n) is 17.9. The highest BCUT2D eigenvalue weighted by Gasteiger charge is 2.33. The number of carbonyl (C=O) groups is 3. The van der Waals surface area contributed by atoms with Gasteiger partial charge in [-0.2, -0.15) is 0 Å². The average molecular weight is 908 g/mol. The second-order valence-corrected chi connectivity index (χ2v) is 20.7. The number of benzene rings is 2. The van der Waals surface area contributed by atoms with Crippen LogP contribution in [0.25, 0.3) is 21.8 Å². The highest BCUT2D eigenvalue weighted by Crippen LogP contribution is 2.42. The normalized spacial score (nSPS) is 17.9. The fourth-order valence-electron chi connectivity index (χ4n) is 8.64. The summed E-state index contributed by atoms with van der Waals surface area (Å²) >= 11 is 1.42. The molecule has 6 heterocycles. The van der Waals surface area contributed by atoms with Crippen LogP contribution < -0.4 is 20.3 Å². The van der Waals surface area contributed by atoms with E-state index in [0.29, 0.717) is 60.5 Å². The fourth-order valence-corrected chi connectivity index (χ4v) is 10.9. The average Bonchev–Trinajstić information content (AvgIpc) is 3.74. The molecule has 0 spiro atoms. The van der Waals surface area contributed by atoms with E-state index in [9.17, 15) is 22.8 Å². The van der Waals surface area contributed by atoms with Crippen LogP contribution in [0, 0.1) is 11.7 Å². The first kappa shape index (κ1) is 44.8. The van der Waals surface area contributed by atoms with Gasteiger partial charge in [0.2, 0.25) is 33.7 Å². The number of pyridine rings is 1. The summed E-state index contributed by atoms with van der Waals surface area (Å²) < 4.78 is 43.5. The van der Waals surface area contributed by atoms with Gasteiger partial charge in [-0.05, 0) is 92.0 Å². The number of nitrogens with zero attached hydrogens (tertiary/aromatic N) is 6. The summed E-state index contributed by atoms with van der Waals surface area (Å²) in [6.07, 6.45) is 7.88. The summed E-state index contributed by atoms with van der Waals surface area (Å²) in [6, 6.07) is 18.5. The number of piperidine rings is 3. The molecule has 14 nitrogen and oxygen atoms in total. The molecule has 0 bridgehead atoms. The van der Waals surface area contributed by atoms with Crippen LogP contribution in [0.2, 0.25) is 0 Å². The van der Waals surface area contributed by atoms with E-state index in [1.54, 1.807) is 37.5 Å². The summed E-state index contributed by atoms with van der Waals surface area (Å²) in [5.41, 5.74) is 3.45. The number of aromatic nitrogens is 4. The van der Waals surface area contributed by atoms with Gasteiger partial charge in [0, 0.05) is 67.6 Å². The number of halogens is 1. The number of anilines is 4. The van der Waals surface area contributed by atoms with Gasteiger partial charge in [-0.15, -0.1) is 11.3 Å². The first-order valence-electron chi connectivity index (χ1n) is 22.0. The molecule has 0 radical (unpaired) electrons. The molecule has 3 amide bonds. The van der Waals surface area contributed by atoms with Gasteiger partial charge in [0.05, 0.1) is 38.6 Å². The molecule has 3 saturated heterocycles. The predicted octanol–water partition coefficient (Wildman–Crippen LogP) is 8.14. The molecule has 0 aliphatic carbocycles. The maximum atomic E-state index is 16.1. The molecule has 0 unspecified atom stereocenters. The topological polar surface area (TPSA) is 179 Å². The SMILES string of the molecule is CCCS(=O)(=O)Nc1cccc(-c2nc(C(C)(C)C)sc2-c2ccnc(Nc3ccc(C4CCN(C(=O)C5CCN(c6ccc([C@@H]7CCC(=O)NC7=O)cn6)CC5)CC4)cc3)n2)c1F. The van der Waals surface area contributed by atoms with Crippen LogP contribution in [0.4, 0.5) is 27.5 Å². The molecule has 1 atom stereocenters. The van der Waals surface area contributed by atoms with Crippen molar-refractivity contribution in [3.63, 3.8) is 0 Å². The highest BCUT2D eigenvalue weighted by molar-refractivity contribution is 7.92. The number of thiazole rings is 1. The van der Waals surface area contributed by atoms with Crippen molar-refractivity contribution in [3.8, 4) is 21.8 Å². The van der Waals surface area contributed by atoms with Gasteiger partial charge >= 0.3 is 0 Å². The van der Waals surface area contributed by atoms with Crippen molar-refractivity contribution in [3.05, 3.63) is 95.0 Å². The van der Waals surface area contributed by atoms with E-state index < -0.39 is 15.8 Å². The van der Waals surface area contributed by atoms with Gasteiger partial charge in [-0.3, -0.25) is 24.4 Å². The van der Waals surface area contributed by atoms with Crippen LogP contribution in [-0.4, -0.2) is 82.9 Å². The number of carbonyl (C=O) groups excluding carboxylic acids is 3. The van der Waals surface area contributed by atoms with E-state index in [4.69, 9.17) is 9.97 Å². The minimum atomic E-state index is -3.72. The maximum absolute atomic E-state index is 16.1. The Morgan fingerprint density at radius 1 is 0.906 bits per heavy atom. The van der Waals surface area contributed by atoms with Crippen LogP contribution in [0.1, 0.15) is 101 Å². The Morgan fingerprint density at radius 3 is 2.31 bits per heavy atom. The number of likely N-dealkylation sites (tertiary alicyclic amines) is 1. The van der Waals surface area contributed by atoms with E-state index in [0.717, 1.165) is 60.8 Å². The Hall–Kier alpha value is -5.81. The Kier molecular flexibility index (Phi) is 13.1. The molecule has 64 heavy (non-hydrogen) atoms. The zero-order valence-corrected chi connectivity index (χ0v) is 38.2. The van der Waals surface area contributed by atoms with Gasteiger partial charge < -0.3 is 15.1 Å². The molecule has 3 aliphatic heterocycles. The van der Waals surface area contributed by atoms with E-state index >= 15 is 4.39 Å². The molecule has 0 saturated carbocycles. The first-order chi connectivity index (χ1) is 30.7. The number of imide groups is 1. The first-order valence-corrected chi connectivity index (χ1v) is 24.5. The smallest absolute Gasteiger partial charge is 0.234 e. The summed E-state index contributed by atoms with van der Waals surface area (Å²) in [4.78, 5) is 61.2. The maximum Gasteiger partial charge on any atom is 0.234 e. The Bertz CT molecular complexity index is 2620. The van der Waals surface area contributed by atoms with Crippen molar-refractivity contribution in [2.45, 2.75) is 89.9 Å². The van der Waals surface area contributed by atoms with Crippen molar-refractivity contribution in [2.75, 3.05) is 46.9 Å². The van der Waals surface area contributed by atoms with Crippen LogP contribution in [0.3, 0.4) is 0 Å². The number of nitrogens with one attached hydrogen (secondary N) is 3. The van der Waals surface area contributed by atoms with Gasteiger partial charge in [-0.25, -0.2) is 32.7 Å². The lowest BCUT2D eigenvalue weighted by atomic mass is 9.88. The molecule has 3 aromatic heterocycles. The summed E-state index contributed by atoms with van der Waals surface area (Å²) in [7, 11) is -3.72. The Balaban J connectivity index is 0.865. The van der Waals surface area contributed by atoms with Gasteiger partial charge in [-0.1, -0.05) is 52.0 Å². The number of sulfonamides is 1. The number of amides is 3. The monoisotopic (exact) mass is 907 g/mol. The molecule has 3 aliphatic rings. The van der Waals surface area contributed by atoms with Gasteiger partial charge in [0.25, 0.3) is 0 Å². The zero-order valence-electron chi connectivity index (χ0n) is 36.6. The van der Waals surface area contributed by atoms with Crippen LogP contribution in [-0.2, 0) is 29.8 Å². The van der Waals surface area contributed by atoms with Gasteiger partial charge in [0.1, 0.15) is 5.82 Å². The van der Waals surface area contributed by atoms with E-state index in [2.05, 4.69) is 42.4 Å². The largest absolute Gasteiger partial charge is 0.357 e. The lowest BCUT2D eigenvalue weighted by Crippen LogP contribution is -2.45. The third-order valence-corrected chi connectivity index (χ3v) is 15.2. The van der Waals surface area contributed by atoms with Gasteiger partial charge in [0.15, 0.2) is 5.82 Å². The lowest BCUT2D eigenvalue weighted by Gasteiger charge is -2.37. The number of rotatable bonds is 12. The summed E-state index contributed by atoms with van der Waals surface area (Å²) in [5, 5.41) is 6.51. The van der Waals surface area contributed by atoms with E-state index in [-0.39, 0.29) is 52.0 Å². The molecule has 17 heteroatoms. The van der Waals surface area contributed by atoms with E-state index in [1.165, 1.54) is 23.0 Å². The quantitative estimate of drug-likeness (QED) is 0.103. The molecule has 336 valence electrons. The van der Waals surface area contributed by atoms with Crippen LogP contribution >= 0.6 is 11.3 Å². The van der Waals surface area contributed by atoms with E-state index in [1.807, 2.05) is 49.9 Å². The molecular weight excluding hydrogens is 854 g/mol.